The molecule has 0 spiro atoms. The van der Waals surface area contributed by atoms with Crippen LogP contribution in [-0.2, 0) is 9.59 Å². The second kappa shape index (κ2) is 8.40. The fourth-order valence-corrected chi connectivity index (χ4v) is 4.56. The summed E-state index contributed by atoms with van der Waals surface area (Å²) in [5.41, 5.74) is 1.12. The van der Waals surface area contributed by atoms with Gasteiger partial charge in [0.25, 0.3) is 5.24 Å². The molecule has 4 rings (SSSR count). The highest BCUT2D eigenvalue weighted by Crippen LogP contribution is 2.37. The van der Waals surface area contributed by atoms with Crippen molar-refractivity contribution in [1.82, 2.24) is 15.1 Å². The lowest BCUT2D eigenvalue weighted by Gasteiger charge is -2.26. The Morgan fingerprint density at radius 3 is 2.82 bits per heavy atom. The molecule has 150 valence electrons. The molecule has 9 heteroatoms. The molecular formula is C19H23N3O5S. The highest BCUT2D eigenvalue weighted by Gasteiger charge is 2.30. The maximum atomic E-state index is 12.4. The van der Waals surface area contributed by atoms with Gasteiger partial charge in [-0.15, -0.1) is 0 Å². The Balaban J connectivity index is 1.30. The van der Waals surface area contributed by atoms with Crippen LogP contribution in [0.5, 0.6) is 11.5 Å². The molecule has 28 heavy (non-hydrogen) atoms. The molecule has 0 aliphatic carbocycles. The van der Waals surface area contributed by atoms with Gasteiger partial charge >= 0.3 is 0 Å². The Kier molecular flexibility index (Phi) is 5.72. The predicted octanol–water partition coefficient (Wildman–Crippen LogP) is 1.41. The average molecular weight is 405 g/mol. The van der Waals surface area contributed by atoms with Crippen molar-refractivity contribution >= 4 is 28.8 Å². The summed E-state index contributed by atoms with van der Waals surface area (Å²) in [6.07, 6.45) is 2.02. The average Bonchev–Trinajstić information content (AvgIpc) is 3.29. The fraction of sp³-hybridized carbons (Fsp3) is 0.526. The predicted molar refractivity (Wildman–Crippen MR) is 104 cm³/mol. The highest BCUT2D eigenvalue weighted by atomic mass is 32.2. The van der Waals surface area contributed by atoms with Crippen molar-refractivity contribution in [2.24, 2.45) is 0 Å². The minimum Gasteiger partial charge on any atom is -0.486 e. The number of nitrogens with one attached hydrogen (secondary N) is 1. The molecule has 0 radical (unpaired) electrons. The van der Waals surface area contributed by atoms with Gasteiger partial charge in [0.2, 0.25) is 11.8 Å². The Hall–Kier alpha value is -2.26. The van der Waals surface area contributed by atoms with Gasteiger partial charge in [-0.3, -0.25) is 24.2 Å². The smallest absolute Gasteiger partial charge is 0.288 e. The Morgan fingerprint density at radius 1 is 1.21 bits per heavy atom. The molecule has 2 fully saturated rings. The van der Waals surface area contributed by atoms with E-state index in [-0.39, 0.29) is 48.5 Å². The minimum absolute atomic E-state index is 0.101. The lowest BCUT2D eigenvalue weighted by Crippen LogP contribution is -2.41. The molecule has 1 N–H and O–H groups in total. The molecule has 1 atom stereocenters. The van der Waals surface area contributed by atoms with Crippen LogP contribution in [0.15, 0.2) is 18.2 Å². The van der Waals surface area contributed by atoms with Crippen LogP contribution < -0.4 is 14.8 Å². The molecule has 1 aromatic rings. The number of nitrogens with zero attached hydrogens (tertiary/aromatic N) is 2. The van der Waals surface area contributed by atoms with E-state index in [1.54, 1.807) is 0 Å². The van der Waals surface area contributed by atoms with E-state index >= 15 is 0 Å². The Labute approximate surface area is 167 Å². The van der Waals surface area contributed by atoms with Gasteiger partial charge < -0.3 is 14.8 Å². The van der Waals surface area contributed by atoms with E-state index in [0.717, 1.165) is 48.2 Å². The first-order valence-electron chi connectivity index (χ1n) is 9.49. The van der Waals surface area contributed by atoms with Crippen LogP contribution >= 0.6 is 11.8 Å². The topological polar surface area (TPSA) is 88.2 Å². The summed E-state index contributed by atoms with van der Waals surface area (Å²) >= 11 is 1.00. The SMILES string of the molecule is O=C(CN1CCC[C@H]1c1ccc2c(c1)OCCO2)NCCN1C(=O)CSC1=O. The maximum absolute atomic E-state index is 12.4. The van der Waals surface area contributed by atoms with Crippen molar-refractivity contribution in [3.8, 4) is 11.5 Å². The molecule has 0 saturated carbocycles. The molecular weight excluding hydrogens is 382 g/mol. The van der Waals surface area contributed by atoms with Gasteiger partial charge in [-0.25, -0.2) is 0 Å². The van der Waals surface area contributed by atoms with Crippen LogP contribution in [0.3, 0.4) is 0 Å². The van der Waals surface area contributed by atoms with E-state index in [1.165, 1.54) is 4.90 Å². The van der Waals surface area contributed by atoms with E-state index in [9.17, 15) is 14.4 Å². The zero-order chi connectivity index (χ0) is 19.5. The van der Waals surface area contributed by atoms with Crippen LogP contribution in [0.1, 0.15) is 24.4 Å². The van der Waals surface area contributed by atoms with E-state index < -0.39 is 0 Å². The molecule has 1 aromatic carbocycles. The van der Waals surface area contributed by atoms with E-state index in [1.807, 2.05) is 18.2 Å². The van der Waals surface area contributed by atoms with Gasteiger partial charge in [-0.1, -0.05) is 17.8 Å². The number of imide groups is 1. The first-order chi connectivity index (χ1) is 13.6. The third-order valence-corrected chi connectivity index (χ3v) is 6.02. The number of carbonyl (C=O) groups is 3. The molecule has 3 aliphatic heterocycles. The minimum atomic E-state index is -0.238. The van der Waals surface area contributed by atoms with Crippen molar-refractivity contribution in [3.05, 3.63) is 23.8 Å². The normalized spacial score (nSPS) is 22.0. The number of likely N-dealkylation sites (tertiary alicyclic amines) is 1. The molecule has 8 nitrogen and oxygen atoms in total. The first-order valence-corrected chi connectivity index (χ1v) is 10.5. The largest absolute Gasteiger partial charge is 0.486 e. The van der Waals surface area contributed by atoms with Gasteiger partial charge in [-0.05, 0) is 37.1 Å². The number of rotatable bonds is 6. The van der Waals surface area contributed by atoms with Crippen LogP contribution in [-0.4, -0.2) is 72.0 Å². The third kappa shape index (κ3) is 4.10. The second-order valence-electron chi connectivity index (χ2n) is 6.98. The highest BCUT2D eigenvalue weighted by molar-refractivity contribution is 8.14. The molecule has 0 bridgehead atoms. The van der Waals surface area contributed by atoms with Crippen molar-refractivity contribution in [2.75, 3.05) is 45.1 Å². The first kappa shape index (κ1) is 19.1. The van der Waals surface area contributed by atoms with Crippen LogP contribution in [0, 0.1) is 0 Å². The lowest BCUT2D eigenvalue weighted by molar-refractivity contribution is -0.126. The molecule has 2 saturated heterocycles. The summed E-state index contributed by atoms with van der Waals surface area (Å²) < 4.78 is 11.3. The van der Waals surface area contributed by atoms with Crippen LogP contribution in [0.25, 0.3) is 0 Å². The number of ether oxygens (including phenoxy) is 2. The summed E-state index contributed by atoms with van der Waals surface area (Å²) in [4.78, 5) is 38.9. The fourth-order valence-electron chi connectivity index (χ4n) is 3.80. The zero-order valence-corrected chi connectivity index (χ0v) is 16.3. The maximum Gasteiger partial charge on any atom is 0.288 e. The molecule has 3 heterocycles. The molecule has 3 aliphatic rings. The second-order valence-corrected chi connectivity index (χ2v) is 7.91. The van der Waals surface area contributed by atoms with Crippen LogP contribution in [0.2, 0.25) is 0 Å². The quantitative estimate of drug-likeness (QED) is 0.765. The van der Waals surface area contributed by atoms with E-state index in [4.69, 9.17) is 9.47 Å². The van der Waals surface area contributed by atoms with Gasteiger partial charge in [0.15, 0.2) is 11.5 Å². The molecule has 3 amide bonds. The van der Waals surface area contributed by atoms with Gasteiger partial charge in [0.05, 0.1) is 12.3 Å². The Bertz CT molecular complexity index is 771. The third-order valence-electron chi connectivity index (χ3n) is 5.16. The summed E-state index contributed by atoms with van der Waals surface area (Å²) in [6, 6.07) is 6.15. The van der Waals surface area contributed by atoms with Crippen molar-refractivity contribution in [3.63, 3.8) is 0 Å². The summed E-state index contributed by atoms with van der Waals surface area (Å²) in [7, 11) is 0. The summed E-state index contributed by atoms with van der Waals surface area (Å²) in [6.45, 7) is 2.76. The molecule has 0 aromatic heterocycles. The number of amides is 3. The molecule has 0 unspecified atom stereocenters. The number of thioether (sulfide) groups is 1. The number of benzene rings is 1. The number of fused-ring (bicyclic) bond motifs is 1. The lowest BCUT2D eigenvalue weighted by atomic mass is 10.0. The van der Waals surface area contributed by atoms with Crippen LogP contribution in [0.4, 0.5) is 4.79 Å². The zero-order valence-electron chi connectivity index (χ0n) is 15.5. The van der Waals surface area contributed by atoms with Crippen molar-refractivity contribution < 1.29 is 23.9 Å². The van der Waals surface area contributed by atoms with Gasteiger partial charge in [-0.2, -0.15) is 0 Å². The standard InChI is InChI=1S/C19H23N3O5S/c23-17(20-5-7-22-18(24)12-28-19(22)25)11-21-6-1-2-14(21)13-3-4-15-16(10-13)27-9-8-26-15/h3-4,10,14H,1-2,5-9,11-12H2,(H,20,23)/t14-/m0/s1. The summed E-state index contributed by atoms with van der Waals surface area (Å²) in [5.74, 6) is 1.43. The van der Waals surface area contributed by atoms with Crippen molar-refractivity contribution in [2.45, 2.75) is 18.9 Å². The Morgan fingerprint density at radius 2 is 2.04 bits per heavy atom. The monoisotopic (exact) mass is 405 g/mol. The number of hydrogen-bond acceptors (Lipinski definition) is 7. The number of carbonyl (C=O) groups excluding carboxylic acids is 3. The van der Waals surface area contributed by atoms with E-state index in [2.05, 4.69) is 10.2 Å². The van der Waals surface area contributed by atoms with Gasteiger partial charge in [0.1, 0.15) is 13.2 Å². The van der Waals surface area contributed by atoms with E-state index in [0.29, 0.717) is 13.2 Å². The van der Waals surface area contributed by atoms with Crippen molar-refractivity contribution in [1.29, 1.82) is 0 Å². The van der Waals surface area contributed by atoms with Gasteiger partial charge in [0, 0.05) is 19.1 Å². The number of hydrogen-bond donors (Lipinski definition) is 1. The summed E-state index contributed by atoms with van der Waals surface area (Å²) in [5, 5.41) is 2.58.